The second-order valence-corrected chi connectivity index (χ2v) is 7.15. The van der Waals surface area contributed by atoms with Gasteiger partial charge in [-0.2, -0.15) is 16.7 Å². The summed E-state index contributed by atoms with van der Waals surface area (Å²) in [5, 5.41) is 8.22. The van der Waals surface area contributed by atoms with E-state index in [4.69, 9.17) is 4.52 Å². The van der Waals surface area contributed by atoms with Crippen LogP contribution in [0.1, 0.15) is 59.2 Å². The molecular formula is C15H29N3OS. The third-order valence-electron chi connectivity index (χ3n) is 3.25. The molecule has 116 valence electrons. The second kappa shape index (κ2) is 9.40. The SMILES string of the molecule is CCNC(Cc1nc(CSC(C)CC)no1)CC(C)C. The van der Waals surface area contributed by atoms with Gasteiger partial charge in [-0.1, -0.05) is 39.8 Å². The molecule has 1 aromatic heterocycles. The second-order valence-electron chi connectivity index (χ2n) is 5.72. The van der Waals surface area contributed by atoms with Crippen LogP contribution in [0.4, 0.5) is 0 Å². The summed E-state index contributed by atoms with van der Waals surface area (Å²) in [4.78, 5) is 4.51. The van der Waals surface area contributed by atoms with Crippen LogP contribution in [0, 0.1) is 5.92 Å². The van der Waals surface area contributed by atoms with Crippen LogP contribution >= 0.6 is 11.8 Å². The summed E-state index contributed by atoms with van der Waals surface area (Å²) in [6, 6.07) is 0.426. The maximum absolute atomic E-state index is 5.37. The van der Waals surface area contributed by atoms with Gasteiger partial charge >= 0.3 is 0 Å². The van der Waals surface area contributed by atoms with Crippen molar-refractivity contribution in [2.45, 2.75) is 70.9 Å². The van der Waals surface area contributed by atoms with Gasteiger partial charge in [0.1, 0.15) is 0 Å². The van der Waals surface area contributed by atoms with Gasteiger partial charge < -0.3 is 9.84 Å². The minimum absolute atomic E-state index is 0.426. The van der Waals surface area contributed by atoms with E-state index in [1.54, 1.807) is 0 Å². The first-order valence-electron chi connectivity index (χ1n) is 7.71. The topological polar surface area (TPSA) is 51.0 Å². The van der Waals surface area contributed by atoms with Crippen LogP contribution in [0.2, 0.25) is 0 Å². The number of thioether (sulfide) groups is 1. The average Bonchev–Trinajstić information content (AvgIpc) is 2.83. The number of nitrogens with zero attached hydrogens (tertiary/aromatic N) is 2. The Morgan fingerprint density at radius 2 is 2.00 bits per heavy atom. The molecule has 0 radical (unpaired) electrons. The summed E-state index contributed by atoms with van der Waals surface area (Å²) in [6.45, 7) is 12.0. The van der Waals surface area contributed by atoms with Crippen molar-refractivity contribution in [2.75, 3.05) is 6.54 Å². The zero-order chi connectivity index (χ0) is 15.0. The molecule has 4 nitrogen and oxygen atoms in total. The van der Waals surface area contributed by atoms with Crippen molar-refractivity contribution in [3.05, 3.63) is 11.7 Å². The van der Waals surface area contributed by atoms with Gasteiger partial charge in [0.2, 0.25) is 5.89 Å². The quantitative estimate of drug-likeness (QED) is 0.714. The lowest BCUT2D eigenvalue weighted by Crippen LogP contribution is -2.32. The van der Waals surface area contributed by atoms with Crippen molar-refractivity contribution in [3.63, 3.8) is 0 Å². The molecule has 0 aliphatic heterocycles. The molecule has 1 heterocycles. The predicted molar refractivity (Wildman–Crippen MR) is 86.0 cm³/mol. The van der Waals surface area contributed by atoms with Crippen molar-refractivity contribution < 1.29 is 4.52 Å². The van der Waals surface area contributed by atoms with Gasteiger partial charge in [0.15, 0.2) is 5.82 Å². The van der Waals surface area contributed by atoms with E-state index in [1.165, 1.54) is 6.42 Å². The number of likely N-dealkylation sites (N-methyl/N-ethyl adjacent to an activating group) is 1. The molecular weight excluding hydrogens is 270 g/mol. The van der Waals surface area contributed by atoms with Crippen molar-refractivity contribution in [1.29, 1.82) is 0 Å². The third-order valence-corrected chi connectivity index (χ3v) is 4.58. The van der Waals surface area contributed by atoms with Gasteiger partial charge in [0.25, 0.3) is 0 Å². The summed E-state index contributed by atoms with van der Waals surface area (Å²) < 4.78 is 5.37. The van der Waals surface area contributed by atoms with E-state index in [9.17, 15) is 0 Å². The van der Waals surface area contributed by atoms with Crippen molar-refractivity contribution >= 4 is 11.8 Å². The highest BCUT2D eigenvalue weighted by molar-refractivity contribution is 7.99. The lowest BCUT2D eigenvalue weighted by Gasteiger charge is -2.17. The molecule has 0 spiro atoms. The van der Waals surface area contributed by atoms with E-state index in [1.807, 2.05) is 11.8 Å². The Labute approximate surface area is 127 Å². The fourth-order valence-corrected chi connectivity index (χ4v) is 2.86. The van der Waals surface area contributed by atoms with Gasteiger partial charge in [0.05, 0.1) is 5.75 Å². The Balaban J connectivity index is 2.48. The molecule has 0 saturated carbocycles. The third kappa shape index (κ3) is 6.75. The van der Waals surface area contributed by atoms with Crippen molar-refractivity contribution in [1.82, 2.24) is 15.5 Å². The Morgan fingerprint density at radius 1 is 1.25 bits per heavy atom. The standard InChI is InChI=1S/C15H29N3OS/c1-6-12(5)20-10-14-17-15(19-18-14)9-13(16-7-2)8-11(3)4/h11-13,16H,6-10H2,1-5H3. The highest BCUT2D eigenvalue weighted by Crippen LogP contribution is 2.18. The van der Waals surface area contributed by atoms with Crippen molar-refractivity contribution in [2.24, 2.45) is 5.92 Å². The fraction of sp³-hybridized carbons (Fsp3) is 0.867. The average molecular weight is 299 g/mol. The van der Waals surface area contributed by atoms with Gasteiger partial charge in [0, 0.05) is 17.7 Å². The Bertz CT molecular complexity index is 368. The Morgan fingerprint density at radius 3 is 2.60 bits per heavy atom. The molecule has 0 amide bonds. The van der Waals surface area contributed by atoms with E-state index in [0.29, 0.717) is 17.2 Å². The lowest BCUT2D eigenvalue weighted by molar-refractivity contribution is 0.338. The molecule has 1 rings (SSSR count). The van der Waals surface area contributed by atoms with E-state index < -0.39 is 0 Å². The smallest absolute Gasteiger partial charge is 0.228 e. The van der Waals surface area contributed by atoms with Crippen LogP contribution < -0.4 is 5.32 Å². The first-order valence-corrected chi connectivity index (χ1v) is 8.76. The fourth-order valence-electron chi connectivity index (χ4n) is 2.07. The minimum Gasteiger partial charge on any atom is -0.339 e. The van der Waals surface area contributed by atoms with Gasteiger partial charge in [-0.05, 0) is 25.3 Å². The molecule has 0 fully saturated rings. The maximum Gasteiger partial charge on any atom is 0.228 e. The Hall–Kier alpha value is -0.550. The van der Waals surface area contributed by atoms with Crippen LogP contribution in [-0.4, -0.2) is 28.0 Å². The van der Waals surface area contributed by atoms with E-state index >= 15 is 0 Å². The molecule has 0 bridgehead atoms. The number of hydrogen-bond donors (Lipinski definition) is 1. The van der Waals surface area contributed by atoms with Crippen LogP contribution in [0.15, 0.2) is 4.52 Å². The molecule has 5 heteroatoms. The van der Waals surface area contributed by atoms with Gasteiger partial charge in [-0.3, -0.25) is 0 Å². The molecule has 1 aromatic rings. The summed E-state index contributed by atoms with van der Waals surface area (Å²) in [5.74, 6) is 3.10. The molecule has 20 heavy (non-hydrogen) atoms. The van der Waals surface area contributed by atoms with Crippen LogP contribution in [0.3, 0.4) is 0 Å². The first-order chi connectivity index (χ1) is 9.55. The number of nitrogens with one attached hydrogen (secondary N) is 1. The molecule has 1 N–H and O–H groups in total. The van der Waals surface area contributed by atoms with E-state index in [0.717, 1.165) is 36.9 Å². The number of hydrogen-bond acceptors (Lipinski definition) is 5. The first kappa shape index (κ1) is 17.5. The van der Waals surface area contributed by atoms with Crippen molar-refractivity contribution in [3.8, 4) is 0 Å². The highest BCUT2D eigenvalue weighted by atomic mass is 32.2. The summed E-state index contributed by atoms with van der Waals surface area (Å²) in [7, 11) is 0. The molecule has 0 aliphatic rings. The molecule has 2 unspecified atom stereocenters. The number of rotatable bonds is 10. The normalized spacial score (nSPS) is 14.7. The van der Waals surface area contributed by atoms with Crippen LogP contribution in [-0.2, 0) is 12.2 Å². The monoisotopic (exact) mass is 299 g/mol. The molecule has 2 atom stereocenters. The predicted octanol–water partition coefficient (Wildman–Crippen LogP) is 3.67. The molecule has 0 aromatic carbocycles. The van der Waals surface area contributed by atoms with Crippen LogP contribution in [0.5, 0.6) is 0 Å². The Kier molecular flexibility index (Phi) is 8.22. The van der Waals surface area contributed by atoms with E-state index in [-0.39, 0.29) is 0 Å². The highest BCUT2D eigenvalue weighted by Gasteiger charge is 2.15. The minimum atomic E-state index is 0.426. The van der Waals surface area contributed by atoms with Crippen LogP contribution in [0.25, 0.3) is 0 Å². The summed E-state index contributed by atoms with van der Waals surface area (Å²) >= 11 is 1.88. The lowest BCUT2D eigenvalue weighted by atomic mass is 10.0. The summed E-state index contributed by atoms with van der Waals surface area (Å²) in [6.07, 6.45) is 3.13. The largest absolute Gasteiger partial charge is 0.339 e. The zero-order valence-corrected chi connectivity index (χ0v) is 14.3. The molecule has 0 saturated heterocycles. The molecule has 0 aliphatic carbocycles. The number of aromatic nitrogens is 2. The zero-order valence-electron chi connectivity index (χ0n) is 13.5. The maximum atomic E-state index is 5.37. The van der Waals surface area contributed by atoms with Gasteiger partial charge in [-0.25, -0.2) is 0 Å². The van der Waals surface area contributed by atoms with Gasteiger partial charge in [-0.15, -0.1) is 0 Å². The van der Waals surface area contributed by atoms with E-state index in [2.05, 4.69) is 50.1 Å². The summed E-state index contributed by atoms with van der Waals surface area (Å²) in [5.41, 5.74) is 0.